The number of rotatable bonds is 4. The van der Waals surface area contributed by atoms with Crippen molar-refractivity contribution < 1.29 is 8.78 Å². The van der Waals surface area contributed by atoms with E-state index in [9.17, 15) is 8.78 Å². The third-order valence-corrected chi connectivity index (χ3v) is 5.04. The van der Waals surface area contributed by atoms with Crippen LogP contribution in [0.2, 0.25) is 0 Å². The summed E-state index contributed by atoms with van der Waals surface area (Å²) in [5.74, 6) is -3.12. The van der Waals surface area contributed by atoms with Crippen LogP contribution in [0.1, 0.15) is 19.4 Å². The van der Waals surface area contributed by atoms with E-state index in [1.54, 1.807) is 6.20 Å². The fourth-order valence-electron chi connectivity index (χ4n) is 2.82. The van der Waals surface area contributed by atoms with Crippen molar-refractivity contribution in [3.8, 4) is 0 Å². The van der Waals surface area contributed by atoms with E-state index < -0.39 is 11.5 Å². The summed E-state index contributed by atoms with van der Waals surface area (Å²) in [7, 11) is 0. The molecule has 2 nitrogen and oxygen atoms in total. The lowest BCUT2D eigenvalue weighted by molar-refractivity contribution is -0.0207. The molecule has 0 saturated heterocycles. The number of hydrogen-bond acceptors (Lipinski definition) is 3. The Balaban J connectivity index is 2.26. The fourth-order valence-corrected chi connectivity index (χ4v) is 3.60. The number of para-hydroxylation sites is 1. The van der Waals surface area contributed by atoms with Crippen LogP contribution in [0.4, 0.5) is 8.78 Å². The van der Waals surface area contributed by atoms with E-state index in [1.807, 2.05) is 30.3 Å². The van der Waals surface area contributed by atoms with Gasteiger partial charge in [0.1, 0.15) is 5.54 Å². The number of fused-ring (bicyclic) bond motifs is 1. The molecule has 1 aliphatic heterocycles. The van der Waals surface area contributed by atoms with Crippen LogP contribution in [-0.4, -0.2) is 22.2 Å². The lowest BCUT2D eigenvalue weighted by Gasteiger charge is -2.37. The quantitative estimate of drug-likeness (QED) is 0.695. The molecule has 2 heterocycles. The molecule has 0 unspecified atom stereocenters. The Morgan fingerprint density at radius 2 is 1.88 bits per heavy atom. The second-order valence-electron chi connectivity index (χ2n) is 6.24. The van der Waals surface area contributed by atoms with Gasteiger partial charge < -0.3 is 0 Å². The Bertz CT molecular complexity index is 926. The molecule has 0 N–H and O–H groups in total. The Morgan fingerprint density at radius 1 is 1.16 bits per heavy atom. The van der Waals surface area contributed by atoms with Crippen molar-refractivity contribution in [1.82, 2.24) is 4.98 Å². The number of benzene rings is 1. The standard InChI is InChI=1S/C20H18F2N2S/c1-5-15-18(25-6-2)17(24-19(3,4)20(15,21)22)14-11-13-9-7-8-10-16(13)23-12-14/h5-12H,1-2H2,3-4H3. The number of alkyl halides is 2. The van der Waals surface area contributed by atoms with Gasteiger partial charge in [-0.1, -0.05) is 49.2 Å². The minimum Gasteiger partial charge on any atom is -0.271 e. The Hall–Kier alpha value is -2.27. The average Bonchev–Trinajstić information content (AvgIpc) is 2.58. The largest absolute Gasteiger partial charge is 0.298 e. The highest BCUT2D eigenvalue weighted by Gasteiger charge is 2.53. The predicted octanol–water partition coefficient (Wildman–Crippen LogP) is 5.77. The van der Waals surface area contributed by atoms with E-state index in [-0.39, 0.29) is 5.57 Å². The number of hydrogen-bond donors (Lipinski definition) is 0. The van der Waals surface area contributed by atoms with Gasteiger partial charge >= 0.3 is 0 Å². The van der Waals surface area contributed by atoms with Gasteiger partial charge in [-0.05, 0) is 31.4 Å². The zero-order valence-electron chi connectivity index (χ0n) is 14.1. The molecule has 0 spiro atoms. The minimum absolute atomic E-state index is 0.124. The number of dihydropyridines is 1. The van der Waals surface area contributed by atoms with Crippen LogP contribution in [0.5, 0.6) is 0 Å². The number of pyridine rings is 1. The highest BCUT2D eigenvalue weighted by Crippen LogP contribution is 2.47. The van der Waals surface area contributed by atoms with Crippen molar-refractivity contribution in [3.05, 3.63) is 77.2 Å². The summed E-state index contributed by atoms with van der Waals surface area (Å²) < 4.78 is 29.7. The van der Waals surface area contributed by atoms with E-state index in [1.165, 1.54) is 25.3 Å². The number of thioether (sulfide) groups is 1. The van der Waals surface area contributed by atoms with Crippen molar-refractivity contribution in [1.29, 1.82) is 0 Å². The van der Waals surface area contributed by atoms with Crippen LogP contribution in [0.25, 0.3) is 10.9 Å². The molecule has 0 saturated carbocycles. The predicted molar refractivity (Wildman–Crippen MR) is 102 cm³/mol. The molecule has 1 aliphatic rings. The molecular weight excluding hydrogens is 338 g/mol. The molecular formula is C20H18F2N2S. The average molecular weight is 356 g/mol. The molecule has 25 heavy (non-hydrogen) atoms. The van der Waals surface area contributed by atoms with Gasteiger partial charge in [-0.2, -0.15) is 8.78 Å². The van der Waals surface area contributed by atoms with E-state index >= 15 is 0 Å². The van der Waals surface area contributed by atoms with E-state index in [0.717, 1.165) is 22.7 Å². The van der Waals surface area contributed by atoms with Crippen molar-refractivity contribution in [2.24, 2.45) is 4.99 Å². The summed E-state index contributed by atoms with van der Waals surface area (Å²) in [5, 5.41) is 2.46. The topological polar surface area (TPSA) is 25.2 Å². The molecule has 128 valence electrons. The Kier molecular flexibility index (Phi) is 4.37. The Labute approximate surface area is 150 Å². The smallest absolute Gasteiger partial charge is 0.271 e. The van der Waals surface area contributed by atoms with E-state index in [2.05, 4.69) is 23.1 Å². The van der Waals surface area contributed by atoms with Crippen molar-refractivity contribution in [3.63, 3.8) is 0 Å². The maximum absolute atomic E-state index is 14.9. The molecule has 0 amide bonds. The minimum atomic E-state index is -3.12. The van der Waals surface area contributed by atoms with Crippen LogP contribution in [-0.2, 0) is 0 Å². The molecule has 0 atom stereocenters. The number of allylic oxidation sites excluding steroid dienone is 2. The lowest BCUT2D eigenvalue weighted by Crippen LogP contribution is -2.46. The Morgan fingerprint density at radius 3 is 2.56 bits per heavy atom. The van der Waals surface area contributed by atoms with Gasteiger partial charge in [0.2, 0.25) is 0 Å². The number of aliphatic imine (C=N–C) groups is 1. The molecule has 1 aromatic carbocycles. The number of nitrogens with zero attached hydrogens (tertiary/aromatic N) is 2. The van der Waals surface area contributed by atoms with Crippen LogP contribution >= 0.6 is 11.8 Å². The third kappa shape index (κ3) is 2.82. The van der Waals surface area contributed by atoms with Crippen LogP contribution < -0.4 is 0 Å². The molecule has 0 bridgehead atoms. The summed E-state index contributed by atoms with van der Waals surface area (Å²) >= 11 is 1.13. The molecule has 0 aliphatic carbocycles. The van der Waals surface area contributed by atoms with E-state index in [0.29, 0.717) is 16.2 Å². The van der Waals surface area contributed by atoms with Gasteiger partial charge in [-0.3, -0.25) is 9.98 Å². The van der Waals surface area contributed by atoms with Gasteiger partial charge in [0.15, 0.2) is 0 Å². The zero-order valence-corrected chi connectivity index (χ0v) is 14.9. The molecule has 0 fully saturated rings. The van der Waals surface area contributed by atoms with Crippen molar-refractivity contribution in [2.45, 2.75) is 25.3 Å². The first-order chi connectivity index (χ1) is 11.8. The van der Waals surface area contributed by atoms with Crippen molar-refractivity contribution in [2.75, 3.05) is 0 Å². The zero-order chi connectivity index (χ0) is 18.2. The lowest BCUT2D eigenvalue weighted by atomic mass is 9.85. The SMILES string of the molecule is C=CSC1=C(C=C)C(F)(F)C(C)(C)N=C1c1cnc2ccccc2c1. The molecule has 5 heteroatoms. The van der Waals surface area contributed by atoms with Gasteiger partial charge in [0, 0.05) is 27.6 Å². The maximum Gasteiger partial charge on any atom is 0.298 e. The maximum atomic E-state index is 14.9. The first-order valence-electron chi connectivity index (χ1n) is 7.80. The van der Waals surface area contributed by atoms with Crippen molar-refractivity contribution >= 4 is 28.4 Å². The molecule has 1 aromatic heterocycles. The van der Waals surface area contributed by atoms with Gasteiger partial charge in [-0.25, -0.2) is 0 Å². The first-order valence-corrected chi connectivity index (χ1v) is 8.68. The van der Waals surface area contributed by atoms with Crippen LogP contribution in [0.15, 0.2) is 76.6 Å². The normalized spacial score (nSPS) is 18.8. The highest BCUT2D eigenvalue weighted by molar-refractivity contribution is 8.06. The second kappa shape index (κ2) is 6.23. The highest BCUT2D eigenvalue weighted by atomic mass is 32.2. The number of halogens is 2. The van der Waals surface area contributed by atoms with Crippen LogP contribution in [0.3, 0.4) is 0 Å². The molecule has 0 radical (unpaired) electrons. The summed E-state index contributed by atoms with van der Waals surface area (Å²) in [6.07, 6.45) is 2.89. The summed E-state index contributed by atoms with van der Waals surface area (Å²) in [5.41, 5.74) is 0.335. The van der Waals surface area contributed by atoms with Gasteiger partial charge in [0.25, 0.3) is 5.92 Å². The van der Waals surface area contributed by atoms with Gasteiger partial charge in [-0.15, -0.1) is 0 Å². The summed E-state index contributed by atoms with van der Waals surface area (Å²) in [6, 6.07) is 9.59. The third-order valence-electron chi connectivity index (χ3n) is 4.23. The number of aromatic nitrogens is 1. The van der Waals surface area contributed by atoms with Gasteiger partial charge in [0.05, 0.1) is 11.2 Å². The molecule has 2 aromatic rings. The van der Waals surface area contributed by atoms with E-state index in [4.69, 9.17) is 0 Å². The molecule has 3 rings (SSSR count). The summed E-state index contributed by atoms with van der Waals surface area (Å²) in [4.78, 5) is 9.20. The monoisotopic (exact) mass is 356 g/mol. The summed E-state index contributed by atoms with van der Waals surface area (Å²) in [6.45, 7) is 10.1. The fraction of sp³-hybridized carbons (Fsp3) is 0.200. The first kappa shape index (κ1) is 17.5. The second-order valence-corrected chi connectivity index (χ2v) is 7.22. The van der Waals surface area contributed by atoms with Crippen LogP contribution in [0, 0.1) is 0 Å².